The lowest BCUT2D eigenvalue weighted by atomic mass is 9.76. The minimum Gasteiger partial charge on any atom is -0.381 e. The number of ether oxygens (including phenoxy) is 1. The molecule has 2 aliphatic rings. The van der Waals surface area contributed by atoms with Crippen molar-refractivity contribution in [1.29, 1.82) is 0 Å². The van der Waals surface area contributed by atoms with Crippen molar-refractivity contribution in [3.63, 3.8) is 0 Å². The van der Waals surface area contributed by atoms with Gasteiger partial charge in [0.05, 0.1) is 34.9 Å². The van der Waals surface area contributed by atoms with E-state index in [4.69, 9.17) is 10.5 Å². The normalized spacial score (nSPS) is 22.6. The highest BCUT2D eigenvalue weighted by Gasteiger charge is 2.27. The van der Waals surface area contributed by atoms with Gasteiger partial charge in [-0.1, -0.05) is 6.92 Å². The zero-order chi connectivity index (χ0) is 26.2. The van der Waals surface area contributed by atoms with E-state index in [9.17, 15) is 0 Å². The van der Waals surface area contributed by atoms with E-state index in [0.717, 1.165) is 43.4 Å². The summed E-state index contributed by atoms with van der Waals surface area (Å²) < 4.78 is 37.5. The van der Waals surface area contributed by atoms with Crippen LogP contribution in [0.1, 0.15) is 62.0 Å². The van der Waals surface area contributed by atoms with Crippen LogP contribution in [0.3, 0.4) is 0 Å². The molecular formula is C29H32F2N6O. The third kappa shape index (κ3) is 4.88. The van der Waals surface area contributed by atoms with Crippen molar-refractivity contribution in [3.05, 3.63) is 71.7 Å². The van der Waals surface area contributed by atoms with Gasteiger partial charge in [0.15, 0.2) is 0 Å². The zero-order valence-electron chi connectivity index (χ0n) is 21.4. The molecule has 2 fully saturated rings. The van der Waals surface area contributed by atoms with Crippen LogP contribution in [-0.2, 0) is 4.74 Å². The summed E-state index contributed by atoms with van der Waals surface area (Å²) in [4.78, 5) is 8.81. The highest BCUT2D eigenvalue weighted by Crippen LogP contribution is 2.39. The highest BCUT2D eigenvalue weighted by atomic mass is 19.1. The third-order valence-corrected chi connectivity index (χ3v) is 7.92. The first-order valence-electron chi connectivity index (χ1n) is 13.3. The van der Waals surface area contributed by atoms with Gasteiger partial charge in [0.25, 0.3) is 0 Å². The zero-order valence-corrected chi connectivity index (χ0v) is 21.4. The lowest BCUT2D eigenvalue weighted by molar-refractivity contribution is 0.0852. The molecule has 3 N–H and O–H groups in total. The maximum absolute atomic E-state index is 15.3. The average Bonchev–Trinajstić information content (AvgIpc) is 3.30. The summed E-state index contributed by atoms with van der Waals surface area (Å²) in [5.74, 6) is 0.159. The van der Waals surface area contributed by atoms with Crippen LogP contribution in [-0.4, -0.2) is 38.8 Å². The Morgan fingerprint density at radius 3 is 2.55 bits per heavy atom. The molecule has 9 heteroatoms. The van der Waals surface area contributed by atoms with Crippen molar-refractivity contribution < 1.29 is 13.5 Å². The number of fused-ring (bicyclic) bond motifs is 1. The lowest BCUT2D eigenvalue weighted by Crippen LogP contribution is -2.31. The van der Waals surface area contributed by atoms with Gasteiger partial charge in [-0.15, -0.1) is 0 Å². The minimum atomic E-state index is -0.620. The number of nitrogens with zero attached hydrogens (tertiary/aromatic N) is 4. The van der Waals surface area contributed by atoms with Gasteiger partial charge in [0.2, 0.25) is 5.95 Å². The molecule has 4 aromatic rings. The molecule has 0 unspecified atom stereocenters. The maximum Gasteiger partial charge on any atom is 0.229 e. The SMILES string of the molecule is C[C@@H]1C[C@H](N)C[C@H](c2ccncc2Nc2ncc3ccc(-c4c(F)cc(C5CCOCC5)cc4F)nn23)C1. The van der Waals surface area contributed by atoms with Crippen LogP contribution >= 0.6 is 0 Å². The Morgan fingerprint density at radius 2 is 1.79 bits per heavy atom. The summed E-state index contributed by atoms with van der Waals surface area (Å²) >= 11 is 0. The third-order valence-electron chi connectivity index (χ3n) is 7.92. The summed E-state index contributed by atoms with van der Waals surface area (Å²) in [5, 5.41) is 7.95. The molecule has 0 spiro atoms. The number of imidazole rings is 1. The molecule has 0 bridgehead atoms. The fraction of sp³-hybridized carbons (Fsp3) is 0.414. The van der Waals surface area contributed by atoms with Crippen LogP contribution in [0, 0.1) is 17.6 Å². The molecule has 198 valence electrons. The van der Waals surface area contributed by atoms with Gasteiger partial charge in [-0.05, 0) is 91.3 Å². The fourth-order valence-corrected chi connectivity index (χ4v) is 6.10. The van der Waals surface area contributed by atoms with E-state index in [1.807, 2.05) is 6.07 Å². The number of benzene rings is 1. The molecule has 3 atom stereocenters. The molecule has 3 aromatic heterocycles. The number of anilines is 2. The molecular weight excluding hydrogens is 486 g/mol. The summed E-state index contributed by atoms with van der Waals surface area (Å²) in [6, 6.07) is 8.45. The fourth-order valence-electron chi connectivity index (χ4n) is 6.10. The second-order valence-corrected chi connectivity index (χ2v) is 10.7. The van der Waals surface area contributed by atoms with Crippen molar-refractivity contribution in [2.24, 2.45) is 11.7 Å². The predicted molar refractivity (Wildman–Crippen MR) is 142 cm³/mol. The monoisotopic (exact) mass is 518 g/mol. The van der Waals surface area contributed by atoms with Gasteiger partial charge in [0.1, 0.15) is 11.6 Å². The highest BCUT2D eigenvalue weighted by molar-refractivity contribution is 5.66. The van der Waals surface area contributed by atoms with Gasteiger partial charge in [-0.25, -0.2) is 13.8 Å². The molecule has 38 heavy (non-hydrogen) atoms. The molecule has 1 saturated heterocycles. The first-order valence-corrected chi connectivity index (χ1v) is 13.3. The summed E-state index contributed by atoms with van der Waals surface area (Å²) in [6.07, 6.45) is 9.76. The number of halogens is 2. The van der Waals surface area contributed by atoms with Gasteiger partial charge in [0, 0.05) is 25.5 Å². The number of hydrogen-bond acceptors (Lipinski definition) is 6. The Balaban J connectivity index is 1.32. The largest absolute Gasteiger partial charge is 0.381 e. The number of nitrogens with one attached hydrogen (secondary N) is 1. The van der Waals surface area contributed by atoms with E-state index in [-0.39, 0.29) is 23.2 Å². The van der Waals surface area contributed by atoms with Gasteiger partial charge in [-0.2, -0.15) is 9.61 Å². The van der Waals surface area contributed by atoms with E-state index in [2.05, 4.69) is 27.3 Å². The van der Waals surface area contributed by atoms with Crippen molar-refractivity contribution in [1.82, 2.24) is 19.6 Å². The van der Waals surface area contributed by atoms with Crippen molar-refractivity contribution >= 4 is 17.2 Å². The molecule has 0 amide bonds. The van der Waals surface area contributed by atoms with E-state index >= 15 is 8.78 Å². The van der Waals surface area contributed by atoms with Crippen molar-refractivity contribution in [2.75, 3.05) is 18.5 Å². The van der Waals surface area contributed by atoms with Crippen molar-refractivity contribution in [3.8, 4) is 11.3 Å². The molecule has 6 rings (SSSR count). The molecule has 1 aliphatic carbocycles. The average molecular weight is 519 g/mol. The Kier molecular flexibility index (Phi) is 6.80. The van der Waals surface area contributed by atoms with Crippen molar-refractivity contribution in [2.45, 2.75) is 56.9 Å². The molecule has 4 heterocycles. The number of pyridine rings is 1. The number of rotatable bonds is 5. The van der Waals surface area contributed by atoms with Gasteiger partial charge < -0.3 is 15.8 Å². The first kappa shape index (κ1) is 24.9. The molecule has 1 saturated carbocycles. The Bertz CT molecular complexity index is 1420. The maximum atomic E-state index is 15.3. The first-order chi connectivity index (χ1) is 18.5. The van der Waals surface area contributed by atoms with Crippen LogP contribution in [0.4, 0.5) is 20.4 Å². The number of aromatic nitrogens is 4. The smallest absolute Gasteiger partial charge is 0.229 e. The van der Waals surface area contributed by atoms with Gasteiger partial charge in [-0.3, -0.25) is 4.98 Å². The second kappa shape index (κ2) is 10.4. The van der Waals surface area contributed by atoms with Crippen LogP contribution in [0.2, 0.25) is 0 Å². The molecule has 7 nitrogen and oxygen atoms in total. The summed E-state index contributed by atoms with van der Waals surface area (Å²) in [6.45, 7) is 3.45. The number of hydrogen-bond donors (Lipinski definition) is 2. The van der Waals surface area contributed by atoms with Crippen LogP contribution in [0.5, 0.6) is 0 Å². The lowest BCUT2D eigenvalue weighted by Gasteiger charge is -2.32. The van der Waals surface area contributed by atoms with Crippen LogP contribution < -0.4 is 11.1 Å². The molecule has 1 aliphatic heterocycles. The predicted octanol–water partition coefficient (Wildman–Crippen LogP) is 5.94. The molecule has 0 radical (unpaired) electrons. The quantitative estimate of drug-likeness (QED) is 0.340. The minimum absolute atomic E-state index is 0.0945. The topological polar surface area (TPSA) is 90.4 Å². The Labute approximate surface area is 220 Å². The Hall–Kier alpha value is -3.43. The van der Waals surface area contributed by atoms with Gasteiger partial charge >= 0.3 is 0 Å². The van der Waals surface area contributed by atoms with E-state index in [0.29, 0.717) is 42.1 Å². The van der Waals surface area contributed by atoms with Crippen LogP contribution in [0.25, 0.3) is 16.8 Å². The summed E-state index contributed by atoms with van der Waals surface area (Å²) in [7, 11) is 0. The van der Waals surface area contributed by atoms with E-state index in [1.165, 1.54) is 12.1 Å². The second-order valence-electron chi connectivity index (χ2n) is 10.7. The Morgan fingerprint density at radius 1 is 1.00 bits per heavy atom. The summed E-state index contributed by atoms with van der Waals surface area (Å²) in [5.41, 5.74) is 9.72. The number of nitrogens with two attached hydrogens (primary N) is 1. The van der Waals surface area contributed by atoms with E-state index in [1.54, 1.807) is 35.2 Å². The van der Waals surface area contributed by atoms with E-state index < -0.39 is 11.6 Å². The standard InChI is InChI=1S/C29H32F2N6O/c1-17-10-20(12-21(32)11-17)23-4-7-33-16-27(23)35-29-34-15-22-2-3-26(36-37(22)29)28-24(30)13-19(14-25(28)31)18-5-8-38-9-6-18/h2-4,7,13-18,20-21H,5-6,8-12,32H2,1H3,(H,34,35)/t17-,20+,21-/m0/s1. The molecule has 1 aromatic carbocycles. The van der Waals surface area contributed by atoms with Crippen LogP contribution in [0.15, 0.2) is 48.9 Å².